The first-order chi connectivity index (χ1) is 28.1. The Hall–Kier alpha value is -5.26. The van der Waals surface area contributed by atoms with Gasteiger partial charge in [0.2, 0.25) is 0 Å². The van der Waals surface area contributed by atoms with Crippen molar-refractivity contribution in [3.8, 4) is 0 Å². The molecule has 0 N–H and O–H groups in total. The van der Waals surface area contributed by atoms with Crippen LogP contribution < -0.4 is 0 Å². The van der Waals surface area contributed by atoms with E-state index in [0.29, 0.717) is 11.1 Å². The van der Waals surface area contributed by atoms with E-state index < -0.39 is 91.0 Å². The van der Waals surface area contributed by atoms with Gasteiger partial charge in [-0.3, -0.25) is 19.2 Å². The predicted molar refractivity (Wildman–Crippen MR) is 217 cm³/mol. The van der Waals surface area contributed by atoms with E-state index in [1.807, 2.05) is 24.3 Å². The molecule has 320 valence electrons. The summed E-state index contributed by atoms with van der Waals surface area (Å²) in [5.41, 5.74) is -4.34. The van der Waals surface area contributed by atoms with Gasteiger partial charge in [0.1, 0.15) is 0 Å². The number of ether oxygens (including phenoxy) is 6. The maximum atomic E-state index is 14.4. The molecule has 5 aliphatic rings. The molecule has 5 aliphatic carbocycles. The number of hydrogen-bond acceptors (Lipinski definition) is 12. The van der Waals surface area contributed by atoms with Crippen molar-refractivity contribution in [1.82, 2.24) is 0 Å². The SMILES string of the molecule is COC(=O)c1ccc([C@@]23C(=CC(C)(C)C)[C@H]4CC(C(=O)OC)(C(=O)OC)C[C@]42[C@@]24CC(C(=O)OC)(C(=O)OC)C[C@@H]2C(=CC(C)(C)C)[C@@]34c2ccc(C(=O)OC)cc2)cc1. The average Bonchev–Trinajstić information content (AvgIpc) is 3.76. The number of benzene rings is 2. The summed E-state index contributed by atoms with van der Waals surface area (Å²) in [6, 6.07) is 14.5. The van der Waals surface area contributed by atoms with Gasteiger partial charge in [0, 0.05) is 21.7 Å². The lowest BCUT2D eigenvalue weighted by atomic mass is 9.05. The number of carbonyl (C=O) groups is 6. The minimum Gasteiger partial charge on any atom is -0.468 e. The van der Waals surface area contributed by atoms with Crippen LogP contribution in [-0.4, -0.2) is 78.5 Å². The smallest absolute Gasteiger partial charge is 0.337 e. The maximum Gasteiger partial charge on any atom is 0.337 e. The first-order valence-electron chi connectivity index (χ1n) is 20.3. The van der Waals surface area contributed by atoms with Crippen LogP contribution in [0.3, 0.4) is 0 Å². The molecule has 2 aromatic carbocycles. The zero-order chi connectivity index (χ0) is 44.2. The van der Waals surface area contributed by atoms with E-state index in [2.05, 4.69) is 53.7 Å². The third kappa shape index (κ3) is 4.84. The van der Waals surface area contributed by atoms with Crippen molar-refractivity contribution in [3.63, 3.8) is 0 Å². The summed E-state index contributed by atoms with van der Waals surface area (Å²) in [4.78, 5) is 83.4. The topological polar surface area (TPSA) is 158 Å². The van der Waals surface area contributed by atoms with E-state index in [-0.39, 0.29) is 25.7 Å². The molecular weight excluding hydrogens is 769 g/mol. The third-order valence-electron chi connectivity index (χ3n) is 14.7. The monoisotopic (exact) mass is 824 g/mol. The lowest BCUT2D eigenvalue weighted by Gasteiger charge is -2.96. The van der Waals surface area contributed by atoms with Gasteiger partial charge in [-0.15, -0.1) is 0 Å². The minimum atomic E-state index is -1.76. The van der Waals surface area contributed by atoms with Gasteiger partial charge >= 0.3 is 35.8 Å². The Bertz CT molecular complexity index is 2060. The molecule has 0 bridgehead atoms. The van der Waals surface area contributed by atoms with Crippen LogP contribution >= 0.6 is 0 Å². The zero-order valence-corrected chi connectivity index (χ0v) is 36.7. The van der Waals surface area contributed by atoms with Gasteiger partial charge in [0.25, 0.3) is 0 Å². The van der Waals surface area contributed by atoms with Crippen molar-refractivity contribution < 1.29 is 57.2 Å². The molecule has 0 saturated heterocycles. The molecule has 0 unspecified atom stereocenters. The van der Waals surface area contributed by atoms with E-state index in [9.17, 15) is 28.8 Å². The van der Waals surface area contributed by atoms with Crippen LogP contribution in [0.5, 0.6) is 0 Å². The second-order valence-corrected chi connectivity index (χ2v) is 19.5. The van der Waals surface area contributed by atoms with Crippen molar-refractivity contribution in [2.45, 2.75) is 78.1 Å². The fourth-order valence-electron chi connectivity index (χ4n) is 13.6. The predicted octanol–water partition coefficient (Wildman–Crippen LogP) is 6.88. The summed E-state index contributed by atoms with van der Waals surface area (Å²) in [5, 5.41) is 0. The van der Waals surface area contributed by atoms with Crippen LogP contribution in [-0.2, 0) is 58.4 Å². The zero-order valence-electron chi connectivity index (χ0n) is 36.7. The second kappa shape index (κ2) is 13.6. The first kappa shape index (κ1) is 42.8. The van der Waals surface area contributed by atoms with Gasteiger partial charge in [0.05, 0.1) is 53.8 Å². The molecule has 0 aliphatic heterocycles. The maximum absolute atomic E-state index is 14.4. The first-order valence-corrected chi connectivity index (χ1v) is 20.3. The summed E-state index contributed by atoms with van der Waals surface area (Å²) < 4.78 is 32.2. The molecule has 12 nitrogen and oxygen atoms in total. The number of hydrogen-bond donors (Lipinski definition) is 0. The molecule has 6 atom stereocenters. The van der Waals surface area contributed by atoms with Crippen LogP contribution in [0.25, 0.3) is 0 Å². The van der Waals surface area contributed by atoms with Crippen molar-refractivity contribution in [2.75, 3.05) is 42.7 Å². The Morgan fingerprint density at radius 1 is 0.483 bits per heavy atom. The Balaban J connectivity index is 1.72. The van der Waals surface area contributed by atoms with Crippen LogP contribution in [0.4, 0.5) is 0 Å². The van der Waals surface area contributed by atoms with Gasteiger partial charge < -0.3 is 28.4 Å². The summed E-state index contributed by atoms with van der Waals surface area (Å²) in [5.74, 6) is -4.85. The Kier molecular flexibility index (Phi) is 9.73. The van der Waals surface area contributed by atoms with E-state index >= 15 is 0 Å². The molecule has 7 rings (SSSR count). The van der Waals surface area contributed by atoms with E-state index in [1.165, 1.54) is 42.7 Å². The normalized spacial score (nSPS) is 31.4. The van der Waals surface area contributed by atoms with Gasteiger partial charge in [-0.2, -0.15) is 0 Å². The van der Waals surface area contributed by atoms with Crippen LogP contribution in [0.2, 0.25) is 0 Å². The number of methoxy groups -OCH3 is 6. The molecule has 12 heteroatoms. The highest BCUT2D eigenvalue weighted by atomic mass is 16.6. The van der Waals surface area contributed by atoms with E-state index in [4.69, 9.17) is 28.4 Å². The molecule has 0 radical (unpaired) electrons. The lowest BCUT2D eigenvalue weighted by molar-refractivity contribution is -0.345. The molecule has 0 aromatic heterocycles. The Morgan fingerprint density at radius 3 is 1.00 bits per heavy atom. The van der Waals surface area contributed by atoms with Crippen molar-refractivity contribution in [3.05, 3.63) is 94.1 Å². The number of carbonyl (C=O) groups excluding carboxylic acids is 6. The van der Waals surface area contributed by atoms with Gasteiger partial charge in [0.15, 0.2) is 10.8 Å². The summed E-state index contributed by atoms with van der Waals surface area (Å²) in [6.07, 6.45) is 4.54. The van der Waals surface area contributed by atoms with Crippen molar-refractivity contribution in [2.24, 2.45) is 44.3 Å². The van der Waals surface area contributed by atoms with Crippen molar-refractivity contribution in [1.29, 1.82) is 0 Å². The Labute approximate surface area is 351 Å². The summed E-state index contributed by atoms with van der Waals surface area (Å²) in [7, 11) is 7.66. The molecule has 60 heavy (non-hydrogen) atoms. The lowest BCUT2D eigenvalue weighted by Crippen LogP contribution is -2.97. The standard InChI is InChI=1S/C48H56O12/c1-41(2,3)21-33-31-23-43(37(51)57-9,38(52)58-10)25-45(31)46-26-44(39(53)59-11,40(54)60-12)24-32(46)34(22-42(4,5)6)48(46,30-19-15-28(16-20-30)36(50)56-8)47(33,45)29-17-13-27(14-18-29)35(49)55-7/h13-22,31-32H,23-26H2,1-12H3/t31-,32-,45-,46-,47-,48-/m1/s1. The number of esters is 6. The molecular formula is C48H56O12. The largest absolute Gasteiger partial charge is 0.468 e. The third-order valence-corrected chi connectivity index (χ3v) is 14.7. The minimum absolute atomic E-state index is 0.0238. The highest BCUT2D eigenvalue weighted by Crippen LogP contribution is 3.05. The molecule has 0 heterocycles. The number of allylic oxidation sites excluding steroid dienone is 4. The quantitative estimate of drug-likeness (QED) is 0.118. The van der Waals surface area contributed by atoms with E-state index in [0.717, 1.165) is 22.3 Å². The van der Waals surface area contributed by atoms with Gasteiger partial charge in [-0.25, -0.2) is 9.59 Å². The molecule has 5 fully saturated rings. The molecule has 5 saturated carbocycles. The fourth-order valence-corrected chi connectivity index (χ4v) is 13.6. The fraction of sp³-hybridized carbons (Fsp3) is 0.542. The van der Waals surface area contributed by atoms with Crippen LogP contribution in [0.15, 0.2) is 71.8 Å². The van der Waals surface area contributed by atoms with Crippen LogP contribution in [0, 0.1) is 44.3 Å². The van der Waals surface area contributed by atoms with Gasteiger partial charge in [-0.05, 0) is 83.7 Å². The number of fused-ring (bicyclic) bond motifs is 1. The van der Waals surface area contributed by atoms with Crippen LogP contribution in [0.1, 0.15) is 99.1 Å². The Morgan fingerprint density at radius 2 is 0.767 bits per heavy atom. The molecule has 2 aromatic rings. The highest BCUT2D eigenvalue weighted by Gasteiger charge is 3.05. The van der Waals surface area contributed by atoms with E-state index in [1.54, 1.807) is 24.3 Å². The summed E-state index contributed by atoms with van der Waals surface area (Å²) >= 11 is 0. The average molecular weight is 825 g/mol. The molecule has 0 amide bonds. The van der Waals surface area contributed by atoms with Gasteiger partial charge in [-0.1, -0.05) is 89.1 Å². The number of rotatable bonds is 8. The summed E-state index contributed by atoms with van der Waals surface area (Å²) in [6.45, 7) is 12.5. The molecule has 2 spiro atoms. The van der Waals surface area contributed by atoms with Crippen molar-refractivity contribution >= 4 is 35.8 Å². The highest BCUT2D eigenvalue weighted by molar-refractivity contribution is 6.04. The second-order valence-electron chi connectivity index (χ2n) is 19.5.